The highest BCUT2D eigenvalue weighted by Gasteiger charge is 2.00. The minimum atomic E-state index is -0.129. The van der Waals surface area contributed by atoms with Crippen LogP contribution < -0.4 is 5.56 Å². The van der Waals surface area contributed by atoms with Crippen LogP contribution in [-0.4, -0.2) is 19.9 Å². The van der Waals surface area contributed by atoms with Crippen LogP contribution in [0.3, 0.4) is 0 Å². The fourth-order valence-electron chi connectivity index (χ4n) is 2.27. The number of hydrogen-bond donors (Lipinski definition) is 1. The summed E-state index contributed by atoms with van der Waals surface area (Å²) >= 11 is 5.86. The van der Waals surface area contributed by atoms with Crippen LogP contribution in [0.25, 0.3) is 21.8 Å². The molecule has 0 aliphatic heterocycles. The number of nitrogens with zero attached hydrogens (tertiary/aromatic N) is 3. The molecule has 0 saturated heterocycles. The molecule has 0 aliphatic carbocycles. The highest BCUT2D eigenvalue weighted by Crippen LogP contribution is 2.18. The Morgan fingerprint density at radius 1 is 0.875 bits per heavy atom. The van der Waals surface area contributed by atoms with Gasteiger partial charge in [-0.1, -0.05) is 23.7 Å². The van der Waals surface area contributed by atoms with E-state index >= 15 is 0 Å². The smallest absolute Gasteiger partial charge is 0.274 e. The van der Waals surface area contributed by atoms with E-state index in [-0.39, 0.29) is 5.56 Å². The Labute approximate surface area is 143 Å². The lowest BCUT2D eigenvalue weighted by Gasteiger charge is -1.98. The lowest BCUT2D eigenvalue weighted by Crippen LogP contribution is -2.06. The van der Waals surface area contributed by atoms with E-state index in [0.29, 0.717) is 10.7 Å². The molecule has 0 radical (unpaired) electrons. The van der Waals surface area contributed by atoms with Gasteiger partial charge in [0.25, 0.3) is 5.56 Å². The summed E-state index contributed by atoms with van der Waals surface area (Å²) in [5, 5.41) is 2.38. The van der Waals surface area contributed by atoms with Crippen LogP contribution in [0, 0.1) is 13.8 Å². The van der Waals surface area contributed by atoms with Crippen LogP contribution >= 0.6 is 11.6 Å². The topological polar surface area (TPSA) is 71.5 Å². The monoisotopic (exact) mass is 338 g/mol. The zero-order chi connectivity index (χ0) is 17.1. The predicted octanol–water partition coefficient (Wildman–Crippen LogP) is 3.82. The van der Waals surface area contributed by atoms with Crippen molar-refractivity contribution in [2.75, 3.05) is 0 Å². The second-order valence-electron chi connectivity index (χ2n) is 5.32. The third-order valence-electron chi connectivity index (χ3n) is 3.46. The van der Waals surface area contributed by atoms with E-state index in [1.54, 1.807) is 12.4 Å². The van der Waals surface area contributed by atoms with Gasteiger partial charge in [0.05, 0.1) is 0 Å². The predicted molar refractivity (Wildman–Crippen MR) is 96.4 cm³/mol. The SMILES string of the molecule is Cc1ccc2cc[nH]c(=O)c2n1.Cc1ccc2ccnc(Cl)c2n1. The molecule has 4 heterocycles. The van der Waals surface area contributed by atoms with E-state index in [4.69, 9.17) is 11.6 Å². The van der Waals surface area contributed by atoms with Crippen LogP contribution in [0.5, 0.6) is 0 Å². The van der Waals surface area contributed by atoms with Crippen molar-refractivity contribution in [2.24, 2.45) is 0 Å². The number of nitrogens with one attached hydrogen (secondary N) is 1. The van der Waals surface area contributed by atoms with Crippen LogP contribution in [0.4, 0.5) is 0 Å². The normalized spacial score (nSPS) is 10.5. The van der Waals surface area contributed by atoms with Crippen molar-refractivity contribution in [3.05, 3.63) is 75.7 Å². The van der Waals surface area contributed by atoms with Crippen molar-refractivity contribution in [1.82, 2.24) is 19.9 Å². The molecule has 0 aliphatic rings. The lowest BCUT2D eigenvalue weighted by atomic mass is 10.2. The van der Waals surface area contributed by atoms with Crippen molar-refractivity contribution >= 4 is 33.4 Å². The molecule has 5 nitrogen and oxygen atoms in total. The minimum Gasteiger partial charge on any atom is -0.327 e. The van der Waals surface area contributed by atoms with Gasteiger partial charge in [-0.3, -0.25) is 4.79 Å². The molecule has 6 heteroatoms. The first kappa shape index (κ1) is 16.1. The van der Waals surface area contributed by atoms with Gasteiger partial charge in [0, 0.05) is 34.6 Å². The molecule has 4 aromatic heterocycles. The number of aryl methyl sites for hydroxylation is 2. The summed E-state index contributed by atoms with van der Waals surface area (Å²) in [6, 6.07) is 11.5. The number of aromatic nitrogens is 4. The Kier molecular flexibility index (Phi) is 4.53. The van der Waals surface area contributed by atoms with Crippen molar-refractivity contribution in [1.29, 1.82) is 0 Å². The summed E-state index contributed by atoms with van der Waals surface area (Å²) in [5.74, 6) is 0. The number of halogens is 1. The maximum absolute atomic E-state index is 11.2. The molecule has 0 bridgehead atoms. The van der Waals surface area contributed by atoms with Gasteiger partial charge in [-0.15, -0.1) is 0 Å². The van der Waals surface area contributed by atoms with Gasteiger partial charge in [0.1, 0.15) is 11.0 Å². The van der Waals surface area contributed by atoms with Gasteiger partial charge in [-0.2, -0.15) is 0 Å². The number of aromatic amines is 1. The number of H-pyrrole nitrogens is 1. The molecule has 0 fully saturated rings. The quantitative estimate of drug-likeness (QED) is 0.495. The summed E-state index contributed by atoms with van der Waals surface area (Å²) in [6.07, 6.45) is 3.31. The van der Waals surface area contributed by atoms with Gasteiger partial charge in [-0.25, -0.2) is 15.0 Å². The Hall–Kier alpha value is -2.79. The van der Waals surface area contributed by atoms with Gasteiger partial charge in [0.15, 0.2) is 5.15 Å². The van der Waals surface area contributed by atoms with Crippen LogP contribution in [0.15, 0.2) is 53.6 Å². The maximum atomic E-state index is 11.2. The van der Waals surface area contributed by atoms with E-state index < -0.39 is 0 Å². The van der Waals surface area contributed by atoms with Gasteiger partial charge in [0.2, 0.25) is 0 Å². The molecule has 0 saturated carbocycles. The molecule has 24 heavy (non-hydrogen) atoms. The van der Waals surface area contributed by atoms with Crippen LogP contribution in [-0.2, 0) is 0 Å². The van der Waals surface area contributed by atoms with Gasteiger partial charge in [-0.05, 0) is 38.1 Å². The Bertz CT molecular complexity index is 1080. The molecular weight excluding hydrogens is 324 g/mol. The fourth-order valence-corrected chi connectivity index (χ4v) is 2.48. The third kappa shape index (κ3) is 3.41. The molecule has 4 rings (SSSR count). The van der Waals surface area contributed by atoms with E-state index in [1.165, 1.54) is 0 Å². The van der Waals surface area contributed by atoms with Crippen molar-refractivity contribution in [2.45, 2.75) is 13.8 Å². The molecule has 0 aromatic carbocycles. The molecule has 0 amide bonds. The average molecular weight is 339 g/mol. The summed E-state index contributed by atoms with van der Waals surface area (Å²) in [7, 11) is 0. The summed E-state index contributed by atoms with van der Waals surface area (Å²) in [6.45, 7) is 3.80. The third-order valence-corrected chi connectivity index (χ3v) is 3.74. The highest BCUT2D eigenvalue weighted by atomic mass is 35.5. The molecule has 1 N–H and O–H groups in total. The molecule has 4 aromatic rings. The summed E-state index contributed by atoms with van der Waals surface area (Å²) in [5.41, 5.74) is 2.98. The largest absolute Gasteiger partial charge is 0.327 e. The molecule has 0 atom stereocenters. The van der Waals surface area contributed by atoms with Crippen molar-refractivity contribution in [3.8, 4) is 0 Å². The first-order valence-corrected chi connectivity index (χ1v) is 7.75. The lowest BCUT2D eigenvalue weighted by molar-refractivity contribution is 1.19. The molecular formula is C18H15ClN4O. The second-order valence-corrected chi connectivity index (χ2v) is 5.68. The fraction of sp³-hybridized carbons (Fsp3) is 0.111. The van der Waals surface area contributed by atoms with E-state index in [0.717, 1.165) is 27.7 Å². The molecule has 0 spiro atoms. The Morgan fingerprint density at radius 3 is 2.21 bits per heavy atom. The number of fused-ring (bicyclic) bond motifs is 2. The zero-order valence-electron chi connectivity index (χ0n) is 13.2. The number of rotatable bonds is 0. The van der Waals surface area contributed by atoms with E-state index in [2.05, 4.69) is 19.9 Å². The summed E-state index contributed by atoms with van der Waals surface area (Å²) < 4.78 is 0. The summed E-state index contributed by atoms with van der Waals surface area (Å²) in [4.78, 5) is 26.2. The Morgan fingerprint density at radius 2 is 1.50 bits per heavy atom. The van der Waals surface area contributed by atoms with Crippen LogP contribution in [0.1, 0.15) is 11.4 Å². The standard InChI is InChI=1S/C9H7ClN2.C9H8N2O/c1-6-2-3-7-4-5-11-9(10)8(7)12-6;1-6-2-3-7-4-5-10-9(12)8(7)11-6/h2-5H,1H3;2-5H,1H3,(H,10,12). The van der Waals surface area contributed by atoms with Crippen molar-refractivity contribution in [3.63, 3.8) is 0 Å². The first-order chi connectivity index (χ1) is 11.5. The molecule has 0 unspecified atom stereocenters. The van der Waals surface area contributed by atoms with Crippen molar-refractivity contribution < 1.29 is 0 Å². The zero-order valence-corrected chi connectivity index (χ0v) is 14.0. The van der Waals surface area contributed by atoms with E-state index in [1.807, 2.05) is 50.2 Å². The maximum Gasteiger partial charge on any atom is 0.274 e. The minimum absolute atomic E-state index is 0.129. The number of pyridine rings is 4. The van der Waals surface area contributed by atoms with Gasteiger partial charge >= 0.3 is 0 Å². The average Bonchev–Trinajstić information content (AvgIpc) is 2.57. The number of hydrogen-bond acceptors (Lipinski definition) is 4. The molecule has 120 valence electrons. The Balaban J connectivity index is 0.000000141. The highest BCUT2D eigenvalue weighted by molar-refractivity contribution is 6.33. The van der Waals surface area contributed by atoms with Crippen LogP contribution in [0.2, 0.25) is 5.15 Å². The van der Waals surface area contributed by atoms with E-state index in [9.17, 15) is 4.79 Å². The first-order valence-electron chi connectivity index (χ1n) is 7.37. The van der Waals surface area contributed by atoms with Gasteiger partial charge < -0.3 is 4.98 Å². The second kappa shape index (κ2) is 6.76.